The number of imidazole rings is 1. The molecule has 138 valence electrons. The van der Waals surface area contributed by atoms with Crippen LogP contribution in [0.15, 0.2) is 18.2 Å². The van der Waals surface area contributed by atoms with Crippen molar-refractivity contribution in [2.75, 3.05) is 5.32 Å². The van der Waals surface area contributed by atoms with Crippen molar-refractivity contribution in [1.29, 1.82) is 0 Å². The van der Waals surface area contributed by atoms with E-state index in [2.05, 4.69) is 15.6 Å². The van der Waals surface area contributed by atoms with Crippen LogP contribution in [0.3, 0.4) is 0 Å². The molecule has 2 N–H and O–H groups in total. The van der Waals surface area contributed by atoms with Crippen molar-refractivity contribution in [2.45, 2.75) is 59.5 Å². The maximum Gasteiger partial charge on any atom is 0.291 e. The summed E-state index contributed by atoms with van der Waals surface area (Å²) >= 11 is 0. The number of benzene rings is 1. The lowest BCUT2D eigenvalue weighted by Gasteiger charge is -2.18. The Labute approximate surface area is 154 Å². The molecule has 2 heterocycles. The number of carbonyl (C=O) groups is 2. The van der Waals surface area contributed by atoms with Crippen molar-refractivity contribution >= 4 is 17.5 Å². The number of nitrogens with zero attached hydrogens (tertiary/aromatic N) is 2. The number of para-hydroxylation sites is 1. The van der Waals surface area contributed by atoms with Crippen LogP contribution in [0.5, 0.6) is 0 Å². The van der Waals surface area contributed by atoms with E-state index in [0.717, 1.165) is 41.8 Å². The van der Waals surface area contributed by atoms with Crippen molar-refractivity contribution in [1.82, 2.24) is 14.9 Å². The minimum atomic E-state index is -0.269. The predicted octanol–water partition coefficient (Wildman–Crippen LogP) is 3.23. The summed E-state index contributed by atoms with van der Waals surface area (Å²) in [6.45, 7) is 8.47. The van der Waals surface area contributed by atoms with E-state index >= 15 is 0 Å². The van der Waals surface area contributed by atoms with Gasteiger partial charge in [-0.25, -0.2) is 4.98 Å². The summed E-state index contributed by atoms with van der Waals surface area (Å²) in [6, 6.07) is 5.91. The highest BCUT2D eigenvalue weighted by atomic mass is 16.2. The quantitative estimate of drug-likeness (QED) is 0.885. The lowest BCUT2D eigenvalue weighted by Crippen LogP contribution is -2.31. The largest absolute Gasteiger partial charge is 0.348 e. The van der Waals surface area contributed by atoms with E-state index in [1.165, 1.54) is 0 Å². The Bertz CT molecular complexity index is 831. The zero-order chi connectivity index (χ0) is 18.8. The highest BCUT2D eigenvalue weighted by Gasteiger charge is 2.28. The van der Waals surface area contributed by atoms with E-state index in [1.807, 2.05) is 50.5 Å². The van der Waals surface area contributed by atoms with Gasteiger partial charge >= 0.3 is 0 Å². The second kappa shape index (κ2) is 7.32. The molecule has 2 aromatic rings. The van der Waals surface area contributed by atoms with Gasteiger partial charge in [-0.15, -0.1) is 0 Å². The molecule has 0 bridgehead atoms. The maximum atomic E-state index is 12.9. The fraction of sp³-hybridized carbons (Fsp3) is 0.450. The molecule has 1 aromatic carbocycles. The molecular formula is C20H26N4O2. The Balaban J connectivity index is 1.95. The first-order valence-corrected chi connectivity index (χ1v) is 9.16. The third-order valence-corrected chi connectivity index (χ3v) is 4.68. The van der Waals surface area contributed by atoms with Crippen LogP contribution in [0, 0.1) is 13.8 Å². The van der Waals surface area contributed by atoms with Crippen molar-refractivity contribution in [3.63, 3.8) is 0 Å². The Hall–Kier alpha value is -2.63. The third kappa shape index (κ3) is 3.49. The smallest absolute Gasteiger partial charge is 0.291 e. The van der Waals surface area contributed by atoms with E-state index in [-0.39, 0.29) is 17.9 Å². The fourth-order valence-electron chi connectivity index (χ4n) is 3.41. The van der Waals surface area contributed by atoms with Gasteiger partial charge in [-0.3, -0.25) is 9.59 Å². The van der Waals surface area contributed by atoms with Gasteiger partial charge in [0, 0.05) is 18.3 Å². The minimum Gasteiger partial charge on any atom is -0.348 e. The number of rotatable bonds is 4. The van der Waals surface area contributed by atoms with Crippen LogP contribution in [0.4, 0.5) is 5.69 Å². The van der Waals surface area contributed by atoms with E-state index in [4.69, 9.17) is 0 Å². The second-order valence-corrected chi connectivity index (χ2v) is 7.19. The van der Waals surface area contributed by atoms with Crippen LogP contribution in [-0.2, 0) is 13.0 Å². The van der Waals surface area contributed by atoms with E-state index in [0.29, 0.717) is 18.1 Å². The first-order chi connectivity index (χ1) is 12.4. The highest BCUT2D eigenvalue weighted by molar-refractivity contribution is 6.04. The summed E-state index contributed by atoms with van der Waals surface area (Å²) in [5.74, 6) is -0.165. The van der Waals surface area contributed by atoms with Crippen LogP contribution >= 0.6 is 0 Å². The van der Waals surface area contributed by atoms with Crippen LogP contribution in [0.1, 0.15) is 64.6 Å². The average molecular weight is 354 g/mol. The topological polar surface area (TPSA) is 76.0 Å². The van der Waals surface area contributed by atoms with Gasteiger partial charge in [0.1, 0.15) is 5.69 Å². The fourth-order valence-corrected chi connectivity index (χ4v) is 3.41. The zero-order valence-electron chi connectivity index (χ0n) is 15.8. The minimum absolute atomic E-state index is 0.0235. The number of carbonyl (C=O) groups excluding carboxylic acids is 2. The molecule has 0 unspecified atom stereocenters. The van der Waals surface area contributed by atoms with Crippen molar-refractivity contribution < 1.29 is 9.59 Å². The van der Waals surface area contributed by atoms with Gasteiger partial charge in [-0.2, -0.15) is 0 Å². The molecule has 3 rings (SSSR count). The molecule has 0 spiro atoms. The number of hydrogen-bond acceptors (Lipinski definition) is 3. The monoisotopic (exact) mass is 354 g/mol. The number of hydrogen-bond donors (Lipinski definition) is 2. The first kappa shape index (κ1) is 18.2. The summed E-state index contributed by atoms with van der Waals surface area (Å²) in [6.07, 6.45) is 2.76. The summed E-state index contributed by atoms with van der Waals surface area (Å²) in [5.41, 5.74) is 4.05. The van der Waals surface area contributed by atoms with Gasteiger partial charge in [0.05, 0.1) is 5.69 Å². The molecule has 26 heavy (non-hydrogen) atoms. The molecular weight excluding hydrogens is 328 g/mol. The van der Waals surface area contributed by atoms with Crippen LogP contribution < -0.4 is 10.6 Å². The normalized spacial score (nSPS) is 13.4. The standard InChI is InChI=1S/C20H26N4O2/c1-12(2)21-19(25)17-15-10-5-6-11-24(15)18(22-17)20(26)23-16-13(3)8-7-9-14(16)4/h7-9,12H,5-6,10-11H2,1-4H3,(H,21,25)(H,23,26). The Morgan fingerprint density at radius 1 is 1.12 bits per heavy atom. The molecule has 0 saturated heterocycles. The van der Waals surface area contributed by atoms with Crippen LogP contribution in [-0.4, -0.2) is 27.4 Å². The van der Waals surface area contributed by atoms with E-state index in [9.17, 15) is 9.59 Å². The lowest BCUT2D eigenvalue weighted by atomic mass is 10.1. The van der Waals surface area contributed by atoms with Crippen molar-refractivity contribution in [3.05, 3.63) is 46.5 Å². The molecule has 0 radical (unpaired) electrons. The van der Waals surface area contributed by atoms with E-state index in [1.54, 1.807) is 0 Å². The van der Waals surface area contributed by atoms with Gasteiger partial charge in [-0.05, 0) is 58.1 Å². The molecule has 2 amide bonds. The van der Waals surface area contributed by atoms with Crippen molar-refractivity contribution in [2.24, 2.45) is 0 Å². The van der Waals surface area contributed by atoms with Gasteiger partial charge < -0.3 is 15.2 Å². The highest BCUT2D eigenvalue weighted by Crippen LogP contribution is 2.24. The average Bonchev–Trinajstić information content (AvgIpc) is 2.97. The number of nitrogens with one attached hydrogen (secondary N) is 2. The maximum absolute atomic E-state index is 12.9. The zero-order valence-corrected chi connectivity index (χ0v) is 15.8. The second-order valence-electron chi connectivity index (χ2n) is 7.19. The molecule has 0 saturated carbocycles. The number of fused-ring (bicyclic) bond motifs is 1. The van der Waals surface area contributed by atoms with E-state index < -0.39 is 0 Å². The Morgan fingerprint density at radius 3 is 2.46 bits per heavy atom. The lowest BCUT2D eigenvalue weighted by molar-refractivity contribution is 0.0937. The molecule has 6 nitrogen and oxygen atoms in total. The third-order valence-electron chi connectivity index (χ3n) is 4.68. The molecule has 1 aliphatic heterocycles. The number of aromatic nitrogens is 2. The van der Waals surface area contributed by atoms with Crippen LogP contribution in [0.2, 0.25) is 0 Å². The summed E-state index contributed by atoms with van der Waals surface area (Å²) < 4.78 is 1.90. The van der Waals surface area contributed by atoms with Crippen molar-refractivity contribution in [3.8, 4) is 0 Å². The molecule has 1 aliphatic rings. The predicted molar refractivity (Wildman–Crippen MR) is 102 cm³/mol. The number of anilines is 1. The van der Waals surface area contributed by atoms with Gasteiger partial charge in [0.15, 0.2) is 5.82 Å². The summed E-state index contributed by atoms with van der Waals surface area (Å²) in [7, 11) is 0. The Kier molecular flexibility index (Phi) is 5.11. The molecule has 0 fully saturated rings. The molecule has 1 aromatic heterocycles. The molecule has 6 heteroatoms. The van der Waals surface area contributed by atoms with Gasteiger partial charge in [0.2, 0.25) is 0 Å². The molecule has 0 aliphatic carbocycles. The molecule has 0 atom stereocenters. The number of amides is 2. The van der Waals surface area contributed by atoms with Gasteiger partial charge in [-0.1, -0.05) is 18.2 Å². The number of aryl methyl sites for hydroxylation is 2. The summed E-state index contributed by atoms with van der Waals surface area (Å²) in [5, 5.41) is 5.87. The Morgan fingerprint density at radius 2 is 1.81 bits per heavy atom. The van der Waals surface area contributed by atoms with Gasteiger partial charge in [0.25, 0.3) is 11.8 Å². The summed E-state index contributed by atoms with van der Waals surface area (Å²) in [4.78, 5) is 29.9. The first-order valence-electron chi connectivity index (χ1n) is 9.16. The van der Waals surface area contributed by atoms with Crippen LogP contribution in [0.25, 0.3) is 0 Å². The SMILES string of the molecule is Cc1cccc(C)c1NC(=O)c1nc(C(=O)NC(C)C)c2n1CCCC2.